The van der Waals surface area contributed by atoms with Crippen molar-refractivity contribution in [2.24, 2.45) is 15.8 Å². The summed E-state index contributed by atoms with van der Waals surface area (Å²) in [6, 6.07) is 12.3. The Hall–Kier alpha value is -2.32. The predicted octanol–water partition coefficient (Wildman–Crippen LogP) is 2.98. The Morgan fingerprint density at radius 3 is 2.83 bits per heavy atom. The Bertz CT molecular complexity index is 867. The highest BCUT2D eigenvalue weighted by molar-refractivity contribution is 9.10. The standard InChI is InChI=1S/C16H13BrN4O2S/c17-10-2-1-3-11(7-10)19-16-21-20-13(8-24-16)9-4-5-14(22)12(6-9)15(18)23/h1-7,22H,8H2,(H2,18,23)(H,19,21). The predicted molar refractivity (Wildman–Crippen MR) is 100.0 cm³/mol. The SMILES string of the molecule is NC(=O)c1cc(C2=NNC(=Nc3cccc(Br)c3)SC2)ccc1O. The van der Waals surface area contributed by atoms with Gasteiger partial charge in [-0.1, -0.05) is 33.8 Å². The fourth-order valence-electron chi connectivity index (χ4n) is 2.10. The molecule has 0 saturated carbocycles. The first kappa shape index (κ1) is 16.5. The molecule has 0 aliphatic carbocycles. The van der Waals surface area contributed by atoms with Crippen LogP contribution in [0.1, 0.15) is 15.9 Å². The number of rotatable bonds is 3. The molecule has 0 radical (unpaired) electrons. The minimum absolute atomic E-state index is 0.0776. The molecule has 1 heterocycles. The topological polar surface area (TPSA) is 100 Å². The average molecular weight is 405 g/mol. The van der Waals surface area contributed by atoms with Crippen LogP contribution in [0.2, 0.25) is 0 Å². The van der Waals surface area contributed by atoms with Crippen molar-refractivity contribution in [1.29, 1.82) is 0 Å². The molecule has 0 atom stereocenters. The van der Waals surface area contributed by atoms with Gasteiger partial charge in [-0.25, -0.2) is 4.99 Å². The summed E-state index contributed by atoms with van der Waals surface area (Å²) in [6.45, 7) is 0. The fourth-order valence-corrected chi connectivity index (χ4v) is 3.27. The summed E-state index contributed by atoms with van der Waals surface area (Å²) in [4.78, 5) is 15.8. The summed E-state index contributed by atoms with van der Waals surface area (Å²) >= 11 is 4.91. The highest BCUT2D eigenvalue weighted by Crippen LogP contribution is 2.23. The third-order valence-corrected chi connectivity index (χ3v) is 4.63. The normalized spacial score (nSPS) is 15.7. The van der Waals surface area contributed by atoms with Gasteiger partial charge in [0.2, 0.25) is 0 Å². The Morgan fingerprint density at radius 2 is 2.17 bits per heavy atom. The van der Waals surface area contributed by atoms with Gasteiger partial charge in [0.05, 0.1) is 17.0 Å². The van der Waals surface area contributed by atoms with Gasteiger partial charge in [0.25, 0.3) is 5.91 Å². The van der Waals surface area contributed by atoms with Crippen LogP contribution in [0.5, 0.6) is 5.75 Å². The van der Waals surface area contributed by atoms with E-state index < -0.39 is 5.91 Å². The van der Waals surface area contributed by atoms with Crippen LogP contribution in [0.4, 0.5) is 5.69 Å². The zero-order valence-corrected chi connectivity index (χ0v) is 14.8. The molecule has 0 aromatic heterocycles. The van der Waals surface area contributed by atoms with Crippen molar-refractivity contribution in [1.82, 2.24) is 5.43 Å². The molecule has 8 heteroatoms. The molecule has 1 aliphatic heterocycles. The van der Waals surface area contributed by atoms with Crippen molar-refractivity contribution in [2.75, 3.05) is 5.75 Å². The van der Waals surface area contributed by atoms with Crippen molar-refractivity contribution < 1.29 is 9.90 Å². The molecule has 6 nitrogen and oxygen atoms in total. The molecular weight excluding hydrogens is 392 g/mol. The summed E-state index contributed by atoms with van der Waals surface area (Å²) in [5.74, 6) is -0.230. The molecule has 24 heavy (non-hydrogen) atoms. The van der Waals surface area contributed by atoms with Crippen LogP contribution in [0.15, 0.2) is 57.0 Å². The second-order valence-corrected chi connectivity index (χ2v) is 6.83. The molecule has 0 spiro atoms. The maximum atomic E-state index is 11.3. The van der Waals surface area contributed by atoms with Crippen molar-refractivity contribution >= 4 is 50.2 Å². The molecule has 0 saturated heterocycles. The van der Waals surface area contributed by atoms with Gasteiger partial charge >= 0.3 is 0 Å². The molecule has 1 aliphatic rings. The smallest absolute Gasteiger partial charge is 0.252 e. The van der Waals surface area contributed by atoms with Crippen LogP contribution in [-0.2, 0) is 0 Å². The largest absolute Gasteiger partial charge is 0.507 e. The second kappa shape index (κ2) is 7.06. The zero-order valence-electron chi connectivity index (χ0n) is 12.4. The van der Waals surface area contributed by atoms with E-state index in [2.05, 4.69) is 31.4 Å². The number of benzene rings is 2. The lowest BCUT2D eigenvalue weighted by Gasteiger charge is -2.15. The highest BCUT2D eigenvalue weighted by atomic mass is 79.9. The third kappa shape index (κ3) is 3.77. The van der Waals surface area contributed by atoms with E-state index in [1.807, 2.05) is 24.3 Å². The van der Waals surface area contributed by atoms with E-state index in [0.717, 1.165) is 21.4 Å². The lowest BCUT2D eigenvalue weighted by atomic mass is 10.1. The number of hydrogen-bond donors (Lipinski definition) is 3. The number of nitrogens with two attached hydrogens (primary N) is 1. The Kier molecular flexibility index (Phi) is 4.86. The summed E-state index contributed by atoms with van der Waals surface area (Å²) in [5.41, 5.74) is 10.5. The molecule has 0 unspecified atom stereocenters. The highest BCUT2D eigenvalue weighted by Gasteiger charge is 2.16. The number of carbonyl (C=O) groups excluding carboxylic acids is 1. The molecule has 122 valence electrons. The van der Waals surface area contributed by atoms with Crippen molar-refractivity contribution in [3.05, 3.63) is 58.1 Å². The monoisotopic (exact) mass is 404 g/mol. The third-order valence-electron chi connectivity index (χ3n) is 3.27. The second-order valence-electron chi connectivity index (χ2n) is 4.95. The van der Waals surface area contributed by atoms with Gasteiger partial charge in [-0.3, -0.25) is 10.2 Å². The lowest BCUT2D eigenvalue weighted by Crippen LogP contribution is -2.25. The summed E-state index contributed by atoms with van der Waals surface area (Å²) in [7, 11) is 0. The minimum atomic E-state index is -0.678. The number of nitrogens with one attached hydrogen (secondary N) is 1. The number of thioether (sulfide) groups is 1. The number of nitrogens with zero attached hydrogens (tertiary/aromatic N) is 2. The number of primary amides is 1. The van der Waals surface area contributed by atoms with E-state index in [0.29, 0.717) is 10.9 Å². The van der Waals surface area contributed by atoms with Crippen molar-refractivity contribution in [2.45, 2.75) is 0 Å². The van der Waals surface area contributed by atoms with Crippen LogP contribution in [0.3, 0.4) is 0 Å². The first-order valence-electron chi connectivity index (χ1n) is 6.96. The van der Waals surface area contributed by atoms with Gasteiger partial charge < -0.3 is 10.8 Å². The van der Waals surface area contributed by atoms with E-state index >= 15 is 0 Å². The maximum Gasteiger partial charge on any atom is 0.252 e. The lowest BCUT2D eigenvalue weighted by molar-refractivity contribution is 0.0998. The number of phenols is 1. The summed E-state index contributed by atoms with van der Waals surface area (Å²) in [5, 5.41) is 14.6. The van der Waals surface area contributed by atoms with Crippen LogP contribution >= 0.6 is 27.7 Å². The van der Waals surface area contributed by atoms with Crippen molar-refractivity contribution in [3.63, 3.8) is 0 Å². The van der Waals surface area contributed by atoms with E-state index in [1.165, 1.54) is 23.9 Å². The molecule has 1 amide bonds. The van der Waals surface area contributed by atoms with E-state index in [4.69, 9.17) is 5.73 Å². The van der Waals surface area contributed by atoms with Gasteiger partial charge in [-0.15, -0.1) is 0 Å². The summed E-state index contributed by atoms with van der Waals surface area (Å²) < 4.78 is 0.956. The fraction of sp³-hybridized carbons (Fsp3) is 0.0625. The number of hydrazone groups is 1. The molecule has 2 aromatic carbocycles. The van der Waals surface area contributed by atoms with Gasteiger partial charge in [0.1, 0.15) is 5.75 Å². The van der Waals surface area contributed by atoms with Crippen LogP contribution in [-0.4, -0.2) is 27.6 Å². The van der Waals surface area contributed by atoms with Crippen LogP contribution < -0.4 is 11.2 Å². The molecule has 2 aromatic rings. The van der Waals surface area contributed by atoms with Gasteiger partial charge in [-0.05, 0) is 42.0 Å². The number of halogens is 1. The quantitative estimate of drug-likeness (QED) is 0.731. The minimum Gasteiger partial charge on any atom is -0.507 e. The molecule has 0 fully saturated rings. The Balaban J connectivity index is 1.81. The first-order chi connectivity index (χ1) is 11.5. The number of aromatic hydroxyl groups is 1. The van der Waals surface area contributed by atoms with E-state index in [1.54, 1.807) is 6.07 Å². The van der Waals surface area contributed by atoms with Gasteiger partial charge in [-0.2, -0.15) is 5.10 Å². The number of amidine groups is 1. The Morgan fingerprint density at radius 1 is 1.33 bits per heavy atom. The number of amides is 1. The number of hydrogen-bond acceptors (Lipinski definition) is 5. The van der Waals surface area contributed by atoms with E-state index in [-0.39, 0.29) is 11.3 Å². The molecular formula is C16H13BrN4O2S. The van der Waals surface area contributed by atoms with E-state index in [9.17, 15) is 9.90 Å². The first-order valence-corrected chi connectivity index (χ1v) is 8.73. The summed E-state index contributed by atoms with van der Waals surface area (Å²) in [6.07, 6.45) is 0. The zero-order chi connectivity index (χ0) is 17.1. The number of aliphatic imine (C=N–C) groups is 1. The van der Waals surface area contributed by atoms with Gasteiger partial charge in [0.15, 0.2) is 5.17 Å². The average Bonchev–Trinajstić information content (AvgIpc) is 2.56. The Labute approximate surface area is 151 Å². The molecule has 3 rings (SSSR count). The van der Waals surface area contributed by atoms with Crippen LogP contribution in [0.25, 0.3) is 0 Å². The maximum absolute atomic E-state index is 11.3. The van der Waals surface area contributed by atoms with Gasteiger partial charge in [0, 0.05) is 10.2 Å². The molecule has 0 bridgehead atoms. The number of carbonyl (C=O) groups is 1. The van der Waals surface area contributed by atoms with Crippen LogP contribution in [0, 0.1) is 0 Å². The molecule has 4 N–H and O–H groups in total. The van der Waals surface area contributed by atoms with Crippen molar-refractivity contribution in [3.8, 4) is 5.75 Å².